The molecule has 2 aromatic rings. The van der Waals surface area contributed by atoms with Gasteiger partial charge >= 0.3 is 0 Å². The van der Waals surface area contributed by atoms with E-state index in [0.29, 0.717) is 17.6 Å². The van der Waals surface area contributed by atoms with Crippen molar-refractivity contribution in [1.29, 1.82) is 0 Å². The van der Waals surface area contributed by atoms with Gasteiger partial charge in [-0.2, -0.15) is 0 Å². The van der Waals surface area contributed by atoms with Gasteiger partial charge in [0.1, 0.15) is 5.69 Å². The van der Waals surface area contributed by atoms with Gasteiger partial charge in [0.2, 0.25) is 0 Å². The summed E-state index contributed by atoms with van der Waals surface area (Å²) in [7, 11) is 4.12. The van der Waals surface area contributed by atoms with Crippen LogP contribution in [0.25, 0.3) is 10.8 Å². The smallest absolute Gasteiger partial charge is 0.271 e. The fourth-order valence-electron chi connectivity index (χ4n) is 2.84. The van der Waals surface area contributed by atoms with E-state index >= 15 is 0 Å². The van der Waals surface area contributed by atoms with Gasteiger partial charge in [0, 0.05) is 29.9 Å². The Bertz CT molecular complexity index is 607. The van der Waals surface area contributed by atoms with Gasteiger partial charge in [-0.25, -0.2) is 9.97 Å². The van der Waals surface area contributed by atoms with E-state index in [1.807, 2.05) is 0 Å². The molecule has 1 amide bonds. The lowest BCUT2D eigenvalue weighted by Crippen LogP contribution is -2.46. The maximum atomic E-state index is 12.3. The van der Waals surface area contributed by atoms with Gasteiger partial charge in [-0.15, -0.1) is 11.3 Å². The van der Waals surface area contributed by atoms with Crippen LogP contribution in [0, 0.1) is 0 Å². The quantitative estimate of drug-likeness (QED) is 0.902. The lowest BCUT2D eigenvalue weighted by molar-refractivity contribution is 0.0915. The second kappa shape index (κ2) is 5.95. The van der Waals surface area contributed by atoms with Crippen molar-refractivity contribution in [3.8, 4) is 10.8 Å². The summed E-state index contributed by atoms with van der Waals surface area (Å²) in [5, 5.41) is 5.64. The van der Waals surface area contributed by atoms with Crippen molar-refractivity contribution in [2.24, 2.45) is 0 Å². The van der Waals surface area contributed by atoms with Crippen LogP contribution in [0.5, 0.6) is 0 Å². The molecule has 0 aliphatic heterocycles. The molecule has 0 saturated heterocycles. The van der Waals surface area contributed by atoms with Crippen molar-refractivity contribution in [1.82, 2.24) is 25.2 Å². The Morgan fingerprint density at radius 2 is 2.33 bits per heavy atom. The summed E-state index contributed by atoms with van der Waals surface area (Å²) in [6, 6.07) is 0.624. The Morgan fingerprint density at radius 3 is 3.05 bits per heavy atom. The summed E-state index contributed by atoms with van der Waals surface area (Å²) >= 11 is 1.42. The monoisotopic (exact) mass is 305 g/mol. The van der Waals surface area contributed by atoms with Crippen LogP contribution in [-0.4, -0.2) is 51.9 Å². The van der Waals surface area contributed by atoms with Gasteiger partial charge in [0.25, 0.3) is 5.91 Å². The zero-order valence-corrected chi connectivity index (χ0v) is 13.0. The Kier molecular flexibility index (Phi) is 4.03. The molecule has 0 unspecified atom stereocenters. The minimum atomic E-state index is -0.0946. The van der Waals surface area contributed by atoms with Crippen molar-refractivity contribution in [3.05, 3.63) is 23.5 Å². The number of nitrogens with one attached hydrogen (secondary N) is 2. The average molecular weight is 305 g/mol. The van der Waals surface area contributed by atoms with E-state index in [0.717, 1.165) is 24.3 Å². The molecule has 1 fully saturated rings. The third kappa shape index (κ3) is 2.98. The largest absolute Gasteiger partial charge is 0.346 e. The van der Waals surface area contributed by atoms with Crippen molar-refractivity contribution in [3.63, 3.8) is 0 Å². The van der Waals surface area contributed by atoms with E-state index in [9.17, 15) is 4.79 Å². The molecule has 2 atom stereocenters. The van der Waals surface area contributed by atoms with E-state index < -0.39 is 0 Å². The molecule has 0 bridgehead atoms. The molecule has 0 radical (unpaired) electrons. The number of nitrogens with zero attached hydrogens (tertiary/aromatic N) is 3. The molecule has 2 heterocycles. The molecule has 2 aromatic heterocycles. The minimum Gasteiger partial charge on any atom is -0.346 e. The van der Waals surface area contributed by atoms with Gasteiger partial charge in [-0.3, -0.25) is 4.79 Å². The number of carbonyl (C=O) groups excluding carboxylic acids is 1. The zero-order chi connectivity index (χ0) is 14.8. The number of aromatic amines is 1. The van der Waals surface area contributed by atoms with Crippen LogP contribution >= 0.6 is 11.3 Å². The maximum Gasteiger partial charge on any atom is 0.271 e. The summed E-state index contributed by atoms with van der Waals surface area (Å²) in [4.78, 5) is 26.0. The third-order valence-corrected chi connectivity index (χ3v) is 4.75. The maximum absolute atomic E-state index is 12.3. The van der Waals surface area contributed by atoms with Crippen LogP contribution in [0.3, 0.4) is 0 Å². The molecular weight excluding hydrogens is 286 g/mol. The Hall–Kier alpha value is -1.73. The highest BCUT2D eigenvalue weighted by molar-refractivity contribution is 7.13. The van der Waals surface area contributed by atoms with Crippen LogP contribution in [0.2, 0.25) is 0 Å². The molecule has 0 spiro atoms. The first-order chi connectivity index (χ1) is 10.1. The first-order valence-corrected chi connectivity index (χ1v) is 7.95. The summed E-state index contributed by atoms with van der Waals surface area (Å²) in [5.74, 6) is 0.605. The van der Waals surface area contributed by atoms with Crippen molar-refractivity contribution < 1.29 is 4.79 Å². The number of amides is 1. The molecule has 1 aliphatic carbocycles. The van der Waals surface area contributed by atoms with Crippen LogP contribution < -0.4 is 5.32 Å². The number of aromatic nitrogens is 3. The average Bonchev–Trinajstić information content (AvgIpc) is 3.19. The van der Waals surface area contributed by atoms with Gasteiger partial charge in [0.15, 0.2) is 10.8 Å². The predicted octanol–water partition coefficient (Wildman–Crippen LogP) is 1.75. The Labute approximate surface area is 127 Å². The fourth-order valence-corrected chi connectivity index (χ4v) is 3.60. The second-order valence-corrected chi connectivity index (χ2v) is 6.38. The van der Waals surface area contributed by atoms with Gasteiger partial charge in [-0.05, 0) is 33.4 Å². The van der Waals surface area contributed by atoms with Crippen molar-refractivity contribution in [2.45, 2.75) is 31.3 Å². The topological polar surface area (TPSA) is 73.9 Å². The van der Waals surface area contributed by atoms with E-state index in [1.165, 1.54) is 11.3 Å². The summed E-state index contributed by atoms with van der Waals surface area (Å²) < 4.78 is 0. The number of H-pyrrole nitrogens is 1. The lowest BCUT2D eigenvalue weighted by atomic mass is 10.1. The number of rotatable bonds is 4. The summed E-state index contributed by atoms with van der Waals surface area (Å²) in [5.41, 5.74) is 0.468. The molecule has 1 saturated carbocycles. The van der Waals surface area contributed by atoms with Crippen molar-refractivity contribution >= 4 is 17.2 Å². The van der Waals surface area contributed by atoms with E-state index in [2.05, 4.69) is 39.3 Å². The van der Waals surface area contributed by atoms with Crippen LogP contribution in [0.15, 0.2) is 17.8 Å². The van der Waals surface area contributed by atoms with Gasteiger partial charge in [0.05, 0.1) is 0 Å². The Balaban J connectivity index is 1.68. The predicted molar refractivity (Wildman–Crippen MR) is 82.3 cm³/mol. The molecule has 0 aromatic carbocycles. The summed E-state index contributed by atoms with van der Waals surface area (Å²) in [6.07, 6.45) is 6.74. The number of hydrogen-bond acceptors (Lipinski definition) is 5. The number of likely N-dealkylation sites (N-methyl/N-ethyl adjacent to an activating group) is 1. The number of thiazole rings is 1. The molecule has 7 heteroatoms. The van der Waals surface area contributed by atoms with Gasteiger partial charge in [-0.1, -0.05) is 0 Å². The SMILES string of the molecule is CN(C)[C@@H]1CCC[C@H]1NC(=O)c1csc(-c2ncc[nH]2)n1. The molecular formula is C14H19N5OS. The standard InChI is InChI=1S/C14H19N5OS/c1-19(2)11-5-3-4-9(11)17-13(20)10-8-21-14(18-10)12-15-6-7-16-12/h6-9,11H,3-5H2,1-2H3,(H,15,16)(H,17,20)/t9-,11-/m1/s1. The molecule has 1 aliphatic rings. The zero-order valence-electron chi connectivity index (χ0n) is 12.2. The highest BCUT2D eigenvalue weighted by Gasteiger charge is 2.30. The first kappa shape index (κ1) is 14.2. The fraction of sp³-hybridized carbons (Fsp3) is 0.500. The van der Waals surface area contributed by atoms with Crippen LogP contribution in [0.4, 0.5) is 0 Å². The summed E-state index contributed by atoms with van der Waals surface area (Å²) in [6.45, 7) is 0. The number of imidazole rings is 1. The third-order valence-electron chi connectivity index (χ3n) is 3.90. The molecule has 6 nitrogen and oxygen atoms in total. The highest BCUT2D eigenvalue weighted by atomic mass is 32.1. The lowest BCUT2D eigenvalue weighted by Gasteiger charge is -2.26. The Morgan fingerprint density at radius 1 is 1.48 bits per heavy atom. The van der Waals surface area contributed by atoms with Gasteiger partial charge < -0.3 is 15.2 Å². The highest BCUT2D eigenvalue weighted by Crippen LogP contribution is 2.24. The normalized spacial score (nSPS) is 21.9. The first-order valence-electron chi connectivity index (χ1n) is 7.07. The van der Waals surface area contributed by atoms with Crippen LogP contribution in [0.1, 0.15) is 29.8 Å². The number of carbonyl (C=O) groups is 1. The van der Waals surface area contributed by atoms with Crippen LogP contribution in [-0.2, 0) is 0 Å². The van der Waals surface area contributed by atoms with Crippen molar-refractivity contribution in [2.75, 3.05) is 14.1 Å². The second-order valence-electron chi connectivity index (χ2n) is 5.52. The molecule has 112 valence electrons. The molecule has 3 rings (SSSR count). The van der Waals surface area contributed by atoms with E-state index in [4.69, 9.17) is 0 Å². The number of hydrogen-bond donors (Lipinski definition) is 2. The molecule has 21 heavy (non-hydrogen) atoms. The molecule has 2 N–H and O–H groups in total. The van der Waals surface area contributed by atoms with E-state index in [-0.39, 0.29) is 11.9 Å². The minimum absolute atomic E-state index is 0.0946. The van der Waals surface area contributed by atoms with E-state index in [1.54, 1.807) is 17.8 Å².